The summed E-state index contributed by atoms with van der Waals surface area (Å²) in [5, 5.41) is 0. The molecule has 19 heavy (non-hydrogen) atoms. The molecule has 0 radical (unpaired) electrons. The molecule has 0 aromatic carbocycles. The monoisotopic (exact) mass is 323 g/mol. The molecule has 5 nitrogen and oxygen atoms in total. The maximum absolute atomic E-state index is 11.9. The Bertz CT molecular complexity index is 635. The van der Waals surface area contributed by atoms with Gasteiger partial charge in [-0.25, -0.2) is 9.97 Å². The van der Waals surface area contributed by atoms with E-state index in [0.29, 0.717) is 16.2 Å². The van der Waals surface area contributed by atoms with Crippen molar-refractivity contribution in [1.82, 2.24) is 15.0 Å². The fourth-order valence-corrected chi connectivity index (χ4v) is 2.28. The van der Waals surface area contributed by atoms with Gasteiger partial charge in [0.05, 0.1) is 12.8 Å². The summed E-state index contributed by atoms with van der Waals surface area (Å²) in [6, 6.07) is 3.54. The van der Waals surface area contributed by atoms with Crippen molar-refractivity contribution >= 4 is 15.9 Å². The zero-order chi connectivity index (χ0) is 14.0. The van der Waals surface area contributed by atoms with Crippen LogP contribution in [-0.4, -0.2) is 22.1 Å². The van der Waals surface area contributed by atoms with Crippen LogP contribution in [0.4, 0.5) is 0 Å². The third-order valence-electron chi connectivity index (χ3n) is 2.65. The molecule has 6 heteroatoms. The van der Waals surface area contributed by atoms with Crippen molar-refractivity contribution in [3.05, 3.63) is 38.9 Å². The lowest BCUT2D eigenvalue weighted by Crippen LogP contribution is -2.14. The van der Waals surface area contributed by atoms with Crippen molar-refractivity contribution in [1.29, 1.82) is 0 Å². The summed E-state index contributed by atoms with van der Waals surface area (Å²) in [5.41, 5.74) is 1.28. The van der Waals surface area contributed by atoms with Gasteiger partial charge in [-0.1, -0.05) is 13.8 Å². The van der Waals surface area contributed by atoms with E-state index in [9.17, 15) is 4.79 Å². The highest BCUT2D eigenvalue weighted by molar-refractivity contribution is 9.10. The number of aromatic amines is 1. The predicted octanol–water partition coefficient (Wildman–Crippen LogP) is 2.73. The molecule has 2 rings (SSSR count). The number of rotatable bonds is 3. The van der Waals surface area contributed by atoms with Gasteiger partial charge in [0, 0.05) is 17.8 Å². The number of halogens is 1. The maximum atomic E-state index is 11.9. The summed E-state index contributed by atoms with van der Waals surface area (Å²) in [7, 11) is 1.55. The van der Waals surface area contributed by atoms with Crippen LogP contribution in [0.15, 0.2) is 27.6 Å². The Balaban J connectivity index is 2.53. The highest BCUT2D eigenvalue weighted by Gasteiger charge is 2.13. The van der Waals surface area contributed by atoms with E-state index in [1.165, 1.54) is 0 Å². The Kier molecular flexibility index (Phi) is 3.99. The lowest BCUT2D eigenvalue weighted by molar-refractivity contribution is 0.398. The zero-order valence-corrected chi connectivity index (χ0v) is 12.5. The largest absolute Gasteiger partial charge is 0.481 e. The van der Waals surface area contributed by atoms with Gasteiger partial charge in [-0.2, -0.15) is 0 Å². The molecule has 0 aliphatic heterocycles. The summed E-state index contributed by atoms with van der Waals surface area (Å²) in [4.78, 5) is 23.2. The molecular formula is C13H14BrN3O2. The normalized spacial score (nSPS) is 10.8. The van der Waals surface area contributed by atoms with Crippen molar-refractivity contribution in [2.24, 2.45) is 0 Å². The van der Waals surface area contributed by atoms with E-state index in [-0.39, 0.29) is 11.5 Å². The van der Waals surface area contributed by atoms with Crippen LogP contribution in [-0.2, 0) is 0 Å². The van der Waals surface area contributed by atoms with Gasteiger partial charge in [-0.3, -0.25) is 4.79 Å². The van der Waals surface area contributed by atoms with E-state index in [4.69, 9.17) is 4.74 Å². The van der Waals surface area contributed by atoms with Crippen LogP contribution in [0, 0.1) is 0 Å². The summed E-state index contributed by atoms with van der Waals surface area (Å²) in [6.07, 6.45) is 1.62. The number of nitrogens with one attached hydrogen (secondary N) is 1. The van der Waals surface area contributed by atoms with Gasteiger partial charge in [0.15, 0.2) is 0 Å². The Morgan fingerprint density at radius 1 is 1.37 bits per heavy atom. The molecule has 100 valence electrons. The molecule has 1 N–H and O–H groups in total. The lowest BCUT2D eigenvalue weighted by atomic mass is 10.1. The van der Waals surface area contributed by atoms with Crippen molar-refractivity contribution in [3.63, 3.8) is 0 Å². The third kappa shape index (κ3) is 2.84. The number of pyridine rings is 1. The second-order valence-electron chi connectivity index (χ2n) is 4.36. The Morgan fingerprint density at radius 2 is 2.11 bits per heavy atom. The minimum absolute atomic E-state index is 0.154. The summed E-state index contributed by atoms with van der Waals surface area (Å²) < 4.78 is 5.48. The van der Waals surface area contributed by atoms with Gasteiger partial charge in [-0.05, 0) is 27.9 Å². The lowest BCUT2D eigenvalue weighted by Gasteiger charge is -2.09. The zero-order valence-electron chi connectivity index (χ0n) is 10.9. The van der Waals surface area contributed by atoms with Crippen LogP contribution >= 0.6 is 15.9 Å². The number of hydrogen-bond acceptors (Lipinski definition) is 4. The van der Waals surface area contributed by atoms with Crippen molar-refractivity contribution in [2.75, 3.05) is 7.11 Å². The highest BCUT2D eigenvalue weighted by Crippen LogP contribution is 2.22. The van der Waals surface area contributed by atoms with Crippen molar-refractivity contribution < 1.29 is 4.74 Å². The van der Waals surface area contributed by atoms with Gasteiger partial charge in [0.2, 0.25) is 5.88 Å². The van der Waals surface area contributed by atoms with Crippen molar-refractivity contribution in [3.8, 4) is 17.3 Å². The molecular weight excluding hydrogens is 310 g/mol. The van der Waals surface area contributed by atoms with Gasteiger partial charge >= 0.3 is 0 Å². The fraction of sp³-hybridized carbons (Fsp3) is 0.308. The molecule has 2 aromatic rings. The van der Waals surface area contributed by atoms with Gasteiger partial charge in [0.25, 0.3) is 5.56 Å². The van der Waals surface area contributed by atoms with Crippen LogP contribution in [0.25, 0.3) is 11.4 Å². The van der Waals surface area contributed by atoms with E-state index in [1.807, 2.05) is 19.9 Å². The molecule has 0 amide bonds. The number of methoxy groups -OCH3 is 1. The number of nitrogens with zero attached hydrogens (tertiary/aromatic N) is 2. The molecule has 0 fully saturated rings. The maximum Gasteiger partial charge on any atom is 0.265 e. The van der Waals surface area contributed by atoms with E-state index in [0.717, 1.165) is 11.3 Å². The molecule has 0 spiro atoms. The summed E-state index contributed by atoms with van der Waals surface area (Å²) in [6.45, 7) is 3.98. The predicted molar refractivity (Wildman–Crippen MR) is 76.4 cm³/mol. The molecule has 0 unspecified atom stereocenters. The van der Waals surface area contributed by atoms with Crippen LogP contribution in [0.3, 0.4) is 0 Å². The quantitative estimate of drug-likeness (QED) is 0.943. The molecule has 0 aliphatic rings. The molecule has 0 saturated heterocycles. The fourth-order valence-electron chi connectivity index (χ4n) is 1.64. The van der Waals surface area contributed by atoms with E-state index >= 15 is 0 Å². The number of ether oxygens (including phenoxy) is 1. The molecule has 2 heterocycles. The number of aromatic nitrogens is 3. The van der Waals surface area contributed by atoms with Crippen LogP contribution in [0.5, 0.6) is 5.88 Å². The average Bonchev–Trinajstić information content (AvgIpc) is 2.41. The van der Waals surface area contributed by atoms with Crippen LogP contribution in [0.2, 0.25) is 0 Å². The first-order valence-electron chi connectivity index (χ1n) is 5.83. The van der Waals surface area contributed by atoms with E-state index in [2.05, 4.69) is 30.9 Å². The molecule has 0 aliphatic carbocycles. The Labute approximate surface area is 119 Å². The first-order valence-corrected chi connectivity index (χ1v) is 6.62. The average molecular weight is 324 g/mol. The smallest absolute Gasteiger partial charge is 0.265 e. The topological polar surface area (TPSA) is 67.9 Å². The van der Waals surface area contributed by atoms with Gasteiger partial charge < -0.3 is 9.72 Å². The summed E-state index contributed by atoms with van der Waals surface area (Å²) >= 11 is 3.27. The molecule has 0 bridgehead atoms. The van der Waals surface area contributed by atoms with Crippen LogP contribution < -0.4 is 10.3 Å². The third-order valence-corrected chi connectivity index (χ3v) is 3.42. The first kappa shape index (κ1) is 13.7. The minimum atomic E-state index is -0.190. The second kappa shape index (κ2) is 5.52. The Morgan fingerprint density at radius 3 is 2.63 bits per heavy atom. The number of H-pyrrole nitrogens is 1. The minimum Gasteiger partial charge on any atom is -0.481 e. The van der Waals surface area contributed by atoms with Crippen LogP contribution in [0.1, 0.15) is 25.5 Å². The van der Waals surface area contributed by atoms with E-state index < -0.39 is 0 Å². The SMILES string of the molecule is COc1ccc(-c2nc(C(C)C)c(Br)c(=O)[nH]2)cn1. The number of hydrogen-bond donors (Lipinski definition) is 1. The Hall–Kier alpha value is -1.69. The second-order valence-corrected chi connectivity index (χ2v) is 5.15. The van der Waals surface area contributed by atoms with E-state index in [1.54, 1.807) is 19.4 Å². The molecule has 2 aromatic heterocycles. The van der Waals surface area contributed by atoms with Gasteiger partial charge in [-0.15, -0.1) is 0 Å². The summed E-state index contributed by atoms with van der Waals surface area (Å²) in [5.74, 6) is 1.18. The molecule has 0 atom stereocenters. The standard InChI is InChI=1S/C13H14BrN3O2/c1-7(2)11-10(14)13(18)17-12(16-11)8-4-5-9(19-3)15-6-8/h4-7H,1-3H3,(H,16,17,18). The first-order chi connectivity index (χ1) is 9.02. The van der Waals surface area contributed by atoms with Crippen molar-refractivity contribution in [2.45, 2.75) is 19.8 Å². The highest BCUT2D eigenvalue weighted by atomic mass is 79.9. The van der Waals surface area contributed by atoms with Gasteiger partial charge in [0.1, 0.15) is 10.3 Å². The molecule has 0 saturated carbocycles.